The Labute approximate surface area is 366 Å². The molecule has 0 saturated heterocycles. The summed E-state index contributed by atoms with van der Waals surface area (Å²) in [6, 6.07) is 87.0. The molecule has 0 N–H and O–H groups in total. The van der Waals surface area contributed by atoms with E-state index in [0.29, 0.717) is 0 Å². The molecule has 0 spiro atoms. The van der Waals surface area contributed by atoms with E-state index in [9.17, 15) is 0 Å². The minimum Gasteiger partial charge on any atom is -0.456 e. The zero-order valence-corrected chi connectivity index (χ0v) is 34.4. The number of benzene rings is 10. The van der Waals surface area contributed by atoms with Gasteiger partial charge < -0.3 is 13.9 Å². The van der Waals surface area contributed by atoms with Crippen LogP contribution in [0.25, 0.3) is 93.9 Å². The number of aromatic nitrogens is 1. The van der Waals surface area contributed by atoms with E-state index in [4.69, 9.17) is 4.42 Å². The molecule has 10 aromatic carbocycles. The minimum absolute atomic E-state index is 0.869. The Morgan fingerprint density at radius 2 is 0.746 bits per heavy atom. The van der Waals surface area contributed by atoms with Crippen molar-refractivity contribution in [2.24, 2.45) is 0 Å². The van der Waals surface area contributed by atoms with Gasteiger partial charge in [-0.15, -0.1) is 0 Å². The van der Waals surface area contributed by atoms with Crippen LogP contribution in [0.5, 0.6) is 0 Å². The van der Waals surface area contributed by atoms with Crippen molar-refractivity contribution in [1.29, 1.82) is 0 Å². The zero-order valence-electron chi connectivity index (χ0n) is 34.4. The van der Waals surface area contributed by atoms with Gasteiger partial charge in [-0.2, -0.15) is 0 Å². The molecule has 0 bridgehead atoms. The lowest BCUT2D eigenvalue weighted by Gasteiger charge is -2.28. The molecular formula is C60H40N2O. The Kier molecular flexibility index (Phi) is 8.83. The van der Waals surface area contributed by atoms with Crippen LogP contribution in [0.15, 0.2) is 247 Å². The third-order valence-corrected chi connectivity index (χ3v) is 12.4. The average Bonchev–Trinajstić information content (AvgIpc) is 3.90. The molecule has 3 nitrogen and oxygen atoms in total. The second-order valence-corrected chi connectivity index (χ2v) is 16.1. The first-order valence-corrected chi connectivity index (χ1v) is 21.5. The van der Waals surface area contributed by atoms with E-state index in [1.165, 1.54) is 38.5 Å². The van der Waals surface area contributed by atoms with Gasteiger partial charge >= 0.3 is 0 Å². The van der Waals surface area contributed by atoms with E-state index in [0.717, 1.165) is 72.5 Å². The van der Waals surface area contributed by atoms with Crippen LogP contribution in [0.3, 0.4) is 0 Å². The highest BCUT2D eigenvalue weighted by Crippen LogP contribution is 2.44. The van der Waals surface area contributed by atoms with Crippen molar-refractivity contribution in [3.63, 3.8) is 0 Å². The van der Waals surface area contributed by atoms with Crippen LogP contribution in [-0.2, 0) is 0 Å². The van der Waals surface area contributed by atoms with Gasteiger partial charge in [0.2, 0.25) is 0 Å². The number of para-hydroxylation sites is 3. The molecule has 0 fully saturated rings. The van der Waals surface area contributed by atoms with Crippen LogP contribution in [-0.4, -0.2) is 4.57 Å². The van der Waals surface area contributed by atoms with E-state index in [1.54, 1.807) is 0 Å². The second-order valence-electron chi connectivity index (χ2n) is 16.1. The summed E-state index contributed by atoms with van der Waals surface area (Å²) in [4.78, 5) is 2.37. The monoisotopic (exact) mass is 804 g/mol. The highest BCUT2D eigenvalue weighted by molar-refractivity contribution is 6.10. The Hall–Kier alpha value is -8.40. The van der Waals surface area contributed by atoms with Crippen LogP contribution in [0, 0.1) is 0 Å². The zero-order chi connectivity index (χ0) is 41.7. The largest absolute Gasteiger partial charge is 0.456 e. The van der Waals surface area contributed by atoms with Crippen molar-refractivity contribution in [2.75, 3.05) is 4.90 Å². The second kappa shape index (κ2) is 15.3. The number of anilines is 3. The van der Waals surface area contributed by atoms with Crippen molar-refractivity contribution in [1.82, 2.24) is 4.57 Å². The molecule has 0 atom stereocenters. The molecule has 296 valence electrons. The fraction of sp³-hybridized carbons (Fsp3) is 0. The molecule has 0 radical (unpaired) electrons. The van der Waals surface area contributed by atoms with E-state index in [-0.39, 0.29) is 0 Å². The van der Waals surface area contributed by atoms with Crippen molar-refractivity contribution in [3.05, 3.63) is 243 Å². The summed E-state index contributed by atoms with van der Waals surface area (Å²) in [6.45, 7) is 0. The highest BCUT2D eigenvalue weighted by atomic mass is 16.3. The van der Waals surface area contributed by atoms with Gasteiger partial charge in [0.25, 0.3) is 0 Å². The highest BCUT2D eigenvalue weighted by Gasteiger charge is 2.19. The molecule has 0 unspecified atom stereocenters. The molecule has 0 aliphatic heterocycles. The summed E-state index contributed by atoms with van der Waals surface area (Å²) in [5, 5.41) is 4.74. The number of hydrogen-bond donors (Lipinski definition) is 0. The standard InChI is InChI=1S/C60H40N2O/c1-3-14-41(15-4-1)43-26-32-48(33-27-43)61(49-34-28-44(29-35-49)45-18-13-19-50(38-45)62-57-24-11-8-21-52(57)53-22-9-12-25-58(53)62)56-23-10-7-20-51(56)47-31-37-55-54-36-30-46(42-16-5-2-6-17-42)39-59(54)63-60(55)40-47/h1-40H. The lowest BCUT2D eigenvalue weighted by Crippen LogP contribution is -2.11. The molecule has 0 aliphatic rings. The SMILES string of the molecule is c1ccc(-c2ccc(N(c3ccc(-c4cccc(-n5c6ccccc6c6ccccc65)c4)cc3)c3ccccc3-c3ccc4c(c3)oc3cc(-c5ccccc5)ccc34)cc2)cc1. The van der Waals surface area contributed by atoms with Crippen molar-refractivity contribution in [2.45, 2.75) is 0 Å². The van der Waals surface area contributed by atoms with Gasteiger partial charge in [0.05, 0.1) is 16.7 Å². The molecule has 63 heavy (non-hydrogen) atoms. The lowest BCUT2D eigenvalue weighted by molar-refractivity contribution is 0.669. The van der Waals surface area contributed by atoms with Gasteiger partial charge in [-0.3, -0.25) is 0 Å². The summed E-state index contributed by atoms with van der Waals surface area (Å²) < 4.78 is 9.00. The van der Waals surface area contributed by atoms with Gasteiger partial charge in [-0.05, 0) is 118 Å². The first-order valence-electron chi connectivity index (χ1n) is 21.5. The summed E-state index contributed by atoms with van der Waals surface area (Å²) in [5.74, 6) is 0. The molecule has 3 heteroatoms. The van der Waals surface area contributed by atoms with E-state index in [2.05, 4.69) is 246 Å². The Morgan fingerprint density at radius 1 is 0.302 bits per heavy atom. The van der Waals surface area contributed by atoms with Gasteiger partial charge in [0, 0.05) is 44.2 Å². The van der Waals surface area contributed by atoms with Crippen molar-refractivity contribution >= 4 is 60.8 Å². The maximum absolute atomic E-state index is 6.62. The van der Waals surface area contributed by atoms with Gasteiger partial charge in [-0.1, -0.05) is 164 Å². The molecule has 12 aromatic rings. The minimum atomic E-state index is 0.869. The first-order chi connectivity index (χ1) is 31.2. The molecule has 0 aliphatic carbocycles. The number of hydrogen-bond acceptors (Lipinski definition) is 2. The topological polar surface area (TPSA) is 21.3 Å². The summed E-state index contributed by atoms with van der Waals surface area (Å²) in [6.07, 6.45) is 0. The lowest BCUT2D eigenvalue weighted by atomic mass is 9.99. The quantitative estimate of drug-likeness (QED) is 0.153. The maximum Gasteiger partial charge on any atom is 0.136 e. The smallest absolute Gasteiger partial charge is 0.136 e. The molecule has 0 amide bonds. The number of nitrogens with zero attached hydrogens (tertiary/aromatic N) is 2. The van der Waals surface area contributed by atoms with E-state index < -0.39 is 0 Å². The fourth-order valence-electron chi connectivity index (χ4n) is 9.36. The number of furan rings is 1. The Morgan fingerprint density at radius 3 is 1.38 bits per heavy atom. The molecule has 2 aromatic heterocycles. The van der Waals surface area contributed by atoms with Crippen molar-refractivity contribution < 1.29 is 4.42 Å². The molecule has 2 heterocycles. The molecule has 0 saturated carbocycles. The average molecular weight is 805 g/mol. The Bertz CT molecular complexity index is 3550. The van der Waals surface area contributed by atoms with E-state index in [1.807, 2.05) is 6.07 Å². The van der Waals surface area contributed by atoms with Gasteiger partial charge in [0.15, 0.2) is 0 Å². The molecule has 12 rings (SSSR count). The molecular weight excluding hydrogens is 765 g/mol. The van der Waals surface area contributed by atoms with Crippen LogP contribution < -0.4 is 4.90 Å². The van der Waals surface area contributed by atoms with Crippen LogP contribution >= 0.6 is 0 Å². The summed E-state index contributed by atoms with van der Waals surface area (Å²) in [7, 11) is 0. The third kappa shape index (κ3) is 6.46. The van der Waals surface area contributed by atoms with Gasteiger partial charge in [0.1, 0.15) is 11.2 Å². The third-order valence-electron chi connectivity index (χ3n) is 12.4. The van der Waals surface area contributed by atoms with Crippen molar-refractivity contribution in [3.8, 4) is 50.2 Å². The normalized spacial score (nSPS) is 11.5. The van der Waals surface area contributed by atoms with Crippen LogP contribution in [0.2, 0.25) is 0 Å². The number of fused-ring (bicyclic) bond motifs is 6. The number of rotatable bonds is 8. The fourth-order valence-corrected chi connectivity index (χ4v) is 9.36. The maximum atomic E-state index is 6.62. The summed E-state index contributed by atoms with van der Waals surface area (Å²) >= 11 is 0. The van der Waals surface area contributed by atoms with Crippen LogP contribution in [0.4, 0.5) is 17.1 Å². The predicted molar refractivity (Wildman–Crippen MR) is 264 cm³/mol. The first kappa shape index (κ1) is 36.5. The Balaban J connectivity index is 0.949. The van der Waals surface area contributed by atoms with Gasteiger partial charge in [-0.25, -0.2) is 0 Å². The van der Waals surface area contributed by atoms with Crippen LogP contribution in [0.1, 0.15) is 0 Å². The predicted octanol–water partition coefficient (Wildman–Crippen LogP) is 16.8. The van der Waals surface area contributed by atoms with E-state index >= 15 is 0 Å². The summed E-state index contributed by atoms with van der Waals surface area (Å²) in [5.41, 5.74) is 17.7.